The fraction of sp³-hybridized carbons (Fsp3) is 0.0400. The van der Waals surface area contributed by atoms with Crippen molar-refractivity contribution in [3.63, 3.8) is 0 Å². The number of aromatic amines is 1. The summed E-state index contributed by atoms with van der Waals surface area (Å²) >= 11 is 7.59. The number of H-pyrrole nitrogens is 1. The average Bonchev–Trinajstić information content (AvgIpc) is 3.49. The fourth-order valence-corrected chi connectivity index (χ4v) is 4.85. The zero-order valence-electron chi connectivity index (χ0n) is 17.7. The smallest absolute Gasteiger partial charge is 0.270 e. The SMILES string of the molecule is N=C1C=C([N+](=O)[O-])C=CC1C=C1NC(c2ccc(Cl)cc2)=C(c2ncc(-c3ccccc3)[nH]2)S1. The topological polar surface area (TPSA) is 108 Å². The van der Waals surface area contributed by atoms with Crippen molar-refractivity contribution < 1.29 is 4.92 Å². The molecule has 168 valence electrons. The molecule has 7 nitrogen and oxygen atoms in total. The first-order chi connectivity index (χ1) is 16.5. The molecule has 9 heteroatoms. The molecule has 0 spiro atoms. The first-order valence-corrected chi connectivity index (χ1v) is 11.6. The largest absolute Gasteiger partial charge is 0.349 e. The van der Waals surface area contributed by atoms with E-state index in [1.807, 2.05) is 66.9 Å². The van der Waals surface area contributed by atoms with Gasteiger partial charge in [0.05, 0.1) is 32.4 Å². The zero-order valence-corrected chi connectivity index (χ0v) is 19.2. The van der Waals surface area contributed by atoms with Crippen LogP contribution in [-0.4, -0.2) is 20.6 Å². The second-order valence-corrected chi connectivity index (χ2v) is 9.14. The molecule has 2 aromatic carbocycles. The molecule has 2 heterocycles. The number of imidazole rings is 1. The summed E-state index contributed by atoms with van der Waals surface area (Å²) in [6, 6.07) is 17.5. The van der Waals surface area contributed by atoms with E-state index in [1.54, 1.807) is 6.08 Å². The van der Waals surface area contributed by atoms with E-state index in [4.69, 9.17) is 17.0 Å². The fourth-order valence-electron chi connectivity index (χ4n) is 3.66. The quantitative estimate of drug-likeness (QED) is 0.297. The van der Waals surface area contributed by atoms with Gasteiger partial charge < -0.3 is 15.7 Å². The van der Waals surface area contributed by atoms with Crippen molar-refractivity contribution in [2.75, 3.05) is 0 Å². The molecule has 0 bridgehead atoms. The third kappa shape index (κ3) is 4.46. The Morgan fingerprint density at radius 2 is 1.88 bits per heavy atom. The molecule has 0 amide bonds. The Hall–Kier alpha value is -3.88. The maximum atomic E-state index is 11.0. The molecule has 0 fully saturated rings. The molecule has 1 atom stereocenters. The minimum atomic E-state index is -0.490. The number of hydrogen-bond donors (Lipinski definition) is 3. The third-order valence-corrected chi connectivity index (χ3v) is 6.69. The van der Waals surface area contributed by atoms with Gasteiger partial charge in [-0.05, 0) is 29.3 Å². The van der Waals surface area contributed by atoms with Crippen LogP contribution in [0.15, 0.2) is 95.8 Å². The number of nitrogens with zero attached hydrogens (tertiary/aromatic N) is 2. The van der Waals surface area contributed by atoms with Gasteiger partial charge in [0, 0.05) is 28.8 Å². The third-order valence-electron chi connectivity index (χ3n) is 5.37. The molecule has 3 N–H and O–H groups in total. The zero-order chi connectivity index (χ0) is 23.7. The molecule has 0 saturated carbocycles. The lowest BCUT2D eigenvalue weighted by Gasteiger charge is -2.12. The molecule has 2 aliphatic rings. The van der Waals surface area contributed by atoms with Crippen LogP contribution in [0.3, 0.4) is 0 Å². The first kappa shape index (κ1) is 21.9. The Bertz CT molecular complexity index is 1400. The molecular weight excluding hydrogens is 470 g/mol. The minimum Gasteiger partial charge on any atom is -0.349 e. The van der Waals surface area contributed by atoms with Crippen molar-refractivity contribution in [2.24, 2.45) is 5.92 Å². The van der Waals surface area contributed by atoms with Crippen LogP contribution in [0, 0.1) is 21.4 Å². The van der Waals surface area contributed by atoms with Crippen molar-refractivity contribution in [2.45, 2.75) is 0 Å². The van der Waals surface area contributed by atoms with Gasteiger partial charge in [0.2, 0.25) is 0 Å². The highest BCUT2D eigenvalue weighted by Gasteiger charge is 2.27. The first-order valence-electron chi connectivity index (χ1n) is 10.4. The van der Waals surface area contributed by atoms with Crippen molar-refractivity contribution in [1.29, 1.82) is 5.41 Å². The van der Waals surface area contributed by atoms with Gasteiger partial charge in [0.15, 0.2) is 0 Å². The highest BCUT2D eigenvalue weighted by atomic mass is 35.5. The van der Waals surface area contributed by atoms with E-state index in [1.165, 1.54) is 23.9 Å². The summed E-state index contributed by atoms with van der Waals surface area (Å²) in [5, 5.41) is 24.1. The molecule has 1 aromatic heterocycles. The normalized spacial score (nSPS) is 18.9. The molecule has 1 aliphatic carbocycles. The van der Waals surface area contributed by atoms with Crippen LogP contribution in [0.2, 0.25) is 5.02 Å². The maximum absolute atomic E-state index is 11.0. The van der Waals surface area contributed by atoms with E-state index in [-0.39, 0.29) is 17.3 Å². The van der Waals surface area contributed by atoms with Gasteiger partial charge in [-0.3, -0.25) is 10.1 Å². The van der Waals surface area contributed by atoms with Crippen LogP contribution in [0.25, 0.3) is 21.9 Å². The molecule has 5 rings (SSSR count). The Morgan fingerprint density at radius 3 is 2.59 bits per heavy atom. The predicted molar refractivity (Wildman–Crippen MR) is 137 cm³/mol. The number of allylic oxidation sites excluding steroid dienone is 4. The van der Waals surface area contributed by atoms with Crippen molar-refractivity contribution in [3.05, 3.63) is 122 Å². The molecule has 0 saturated heterocycles. The second-order valence-electron chi connectivity index (χ2n) is 7.65. The summed E-state index contributed by atoms with van der Waals surface area (Å²) in [5.41, 5.74) is 3.83. The number of halogens is 1. The van der Waals surface area contributed by atoms with Gasteiger partial charge in [-0.2, -0.15) is 0 Å². The monoisotopic (exact) mass is 487 g/mol. The number of nitrogens with one attached hydrogen (secondary N) is 3. The minimum absolute atomic E-state index is 0.0867. The van der Waals surface area contributed by atoms with Crippen LogP contribution < -0.4 is 5.32 Å². The van der Waals surface area contributed by atoms with Gasteiger partial charge in [-0.1, -0.05) is 71.9 Å². The summed E-state index contributed by atoms with van der Waals surface area (Å²) in [4.78, 5) is 19.5. The Balaban J connectivity index is 1.48. The Labute approximate surface area is 204 Å². The van der Waals surface area contributed by atoms with Gasteiger partial charge in [0.1, 0.15) is 5.82 Å². The Kier molecular flexibility index (Phi) is 5.91. The number of hydrogen-bond acceptors (Lipinski definition) is 6. The van der Waals surface area contributed by atoms with Crippen molar-refractivity contribution >= 4 is 39.7 Å². The number of thioether (sulfide) groups is 1. The highest BCUT2D eigenvalue weighted by molar-refractivity contribution is 8.12. The average molecular weight is 488 g/mol. The van der Waals surface area contributed by atoms with Crippen molar-refractivity contribution in [1.82, 2.24) is 15.3 Å². The number of rotatable bonds is 5. The maximum Gasteiger partial charge on any atom is 0.270 e. The van der Waals surface area contributed by atoms with E-state index in [0.29, 0.717) is 5.02 Å². The number of aromatic nitrogens is 2. The summed E-state index contributed by atoms with van der Waals surface area (Å²) in [6.07, 6.45) is 8.08. The molecular formula is C25H18ClN5O2S. The molecule has 1 unspecified atom stereocenters. The number of benzene rings is 2. The lowest BCUT2D eigenvalue weighted by atomic mass is 9.97. The summed E-state index contributed by atoms with van der Waals surface area (Å²) < 4.78 is 0. The van der Waals surface area contributed by atoms with Crippen LogP contribution in [0.4, 0.5) is 0 Å². The molecule has 1 aliphatic heterocycles. The molecule has 34 heavy (non-hydrogen) atoms. The standard InChI is InChI=1S/C25H18ClN5O2S/c26-18-9-6-16(7-10-18)23-24(25-28-14-21(29-25)15-4-2-1-3-5-15)34-22(30-23)12-17-8-11-19(31(32)33)13-20(17)27/h1-14,17,27,30H,(H,28,29). The summed E-state index contributed by atoms with van der Waals surface area (Å²) in [7, 11) is 0. The van der Waals surface area contributed by atoms with E-state index in [9.17, 15) is 10.1 Å². The van der Waals surface area contributed by atoms with Crippen LogP contribution in [-0.2, 0) is 0 Å². The lowest BCUT2D eigenvalue weighted by Crippen LogP contribution is -2.15. The van der Waals surface area contributed by atoms with Crippen LogP contribution in [0.1, 0.15) is 11.4 Å². The van der Waals surface area contributed by atoms with Gasteiger partial charge in [-0.25, -0.2) is 4.98 Å². The van der Waals surface area contributed by atoms with E-state index in [2.05, 4.69) is 15.3 Å². The van der Waals surface area contributed by atoms with E-state index in [0.717, 1.165) is 38.3 Å². The lowest BCUT2D eigenvalue weighted by molar-refractivity contribution is -0.419. The summed E-state index contributed by atoms with van der Waals surface area (Å²) in [6.45, 7) is 0. The highest BCUT2D eigenvalue weighted by Crippen LogP contribution is 2.44. The second kappa shape index (κ2) is 9.17. The van der Waals surface area contributed by atoms with Crippen LogP contribution in [0.5, 0.6) is 0 Å². The van der Waals surface area contributed by atoms with Gasteiger partial charge >= 0.3 is 0 Å². The van der Waals surface area contributed by atoms with E-state index >= 15 is 0 Å². The summed E-state index contributed by atoms with van der Waals surface area (Å²) in [5.74, 6) is 0.343. The Morgan fingerprint density at radius 1 is 1.12 bits per heavy atom. The number of nitro groups is 1. The predicted octanol–water partition coefficient (Wildman–Crippen LogP) is 6.10. The van der Waals surface area contributed by atoms with Crippen LogP contribution >= 0.6 is 23.4 Å². The van der Waals surface area contributed by atoms with Crippen molar-refractivity contribution in [3.8, 4) is 11.3 Å². The molecule has 0 radical (unpaired) electrons. The van der Waals surface area contributed by atoms with Gasteiger partial charge in [-0.15, -0.1) is 0 Å². The van der Waals surface area contributed by atoms with Gasteiger partial charge in [0.25, 0.3) is 5.70 Å². The molecule has 3 aromatic rings. The van der Waals surface area contributed by atoms with E-state index < -0.39 is 4.92 Å².